The van der Waals surface area contributed by atoms with Crippen LogP contribution in [0.3, 0.4) is 0 Å². The SMILES string of the molecule is CN(CCC1CCCCC1)CC(N)CC(=O)O. The summed E-state index contributed by atoms with van der Waals surface area (Å²) in [6, 6.07) is -0.246. The molecule has 1 rings (SSSR count). The van der Waals surface area contributed by atoms with Crippen molar-refractivity contribution in [2.45, 2.75) is 51.0 Å². The van der Waals surface area contributed by atoms with Crippen molar-refractivity contribution in [3.8, 4) is 0 Å². The molecule has 0 aliphatic heterocycles. The van der Waals surface area contributed by atoms with E-state index in [-0.39, 0.29) is 12.5 Å². The Bertz CT molecular complexity index is 227. The molecule has 1 atom stereocenters. The molecule has 0 aromatic heterocycles. The summed E-state index contributed by atoms with van der Waals surface area (Å²) in [5.74, 6) is 0.0695. The molecule has 0 heterocycles. The number of carbonyl (C=O) groups is 1. The number of nitrogens with zero attached hydrogens (tertiary/aromatic N) is 1. The lowest BCUT2D eigenvalue weighted by Gasteiger charge is -2.25. The van der Waals surface area contributed by atoms with E-state index >= 15 is 0 Å². The van der Waals surface area contributed by atoms with Crippen molar-refractivity contribution < 1.29 is 9.90 Å². The predicted octanol–water partition coefficient (Wildman–Crippen LogP) is 1.69. The van der Waals surface area contributed by atoms with E-state index in [1.165, 1.54) is 38.5 Å². The smallest absolute Gasteiger partial charge is 0.304 e. The maximum atomic E-state index is 10.5. The molecule has 0 aromatic rings. The molecule has 4 heteroatoms. The Kier molecular flexibility index (Phi) is 6.52. The van der Waals surface area contributed by atoms with Gasteiger partial charge in [0.2, 0.25) is 0 Å². The Morgan fingerprint density at radius 3 is 2.65 bits per heavy atom. The van der Waals surface area contributed by atoms with Gasteiger partial charge in [-0.15, -0.1) is 0 Å². The number of aliphatic carboxylic acids is 1. The number of carboxylic acid groups (broad SMARTS) is 1. The highest BCUT2D eigenvalue weighted by Crippen LogP contribution is 2.26. The molecule has 0 bridgehead atoms. The summed E-state index contributed by atoms with van der Waals surface area (Å²) >= 11 is 0. The molecule has 1 unspecified atom stereocenters. The Morgan fingerprint density at radius 1 is 1.41 bits per heavy atom. The van der Waals surface area contributed by atoms with Gasteiger partial charge >= 0.3 is 5.97 Å². The summed E-state index contributed by atoms with van der Waals surface area (Å²) in [7, 11) is 2.03. The minimum atomic E-state index is -0.807. The molecule has 0 spiro atoms. The third-order valence-corrected chi connectivity index (χ3v) is 3.63. The molecular weight excluding hydrogens is 216 g/mol. The fourth-order valence-corrected chi connectivity index (χ4v) is 2.66. The average molecular weight is 242 g/mol. The topological polar surface area (TPSA) is 66.6 Å². The Labute approximate surface area is 104 Å². The van der Waals surface area contributed by atoms with Crippen LogP contribution in [0.2, 0.25) is 0 Å². The average Bonchev–Trinajstić information content (AvgIpc) is 2.26. The molecule has 0 saturated heterocycles. The Balaban J connectivity index is 2.11. The van der Waals surface area contributed by atoms with E-state index in [2.05, 4.69) is 4.90 Å². The summed E-state index contributed by atoms with van der Waals surface area (Å²) in [6.07, 6.45) is 8.20. The summed E-state index contributed by atoms with van der Waals surface area (Å²) in [6.45, 7) is 1.72. The van der Waals surface area contributed by atoms with Gasteiger partial charge in [-0.25, -0.2) is 0 Å². The monoisotopic (exact) mass is 242 g/mol. The fraction of sp³-hybridized carbons (Fsp3) is 0.923. The van der Waals surface area contributed by atoms with Gasteiger partial charge in [0.05, 0.1) is 6.42 Å². The summed E-state index contributed by atoms with van der Waals surface area (Å²) in [5.41, 5.74) is 5.76. The lowest BCUT2D eigenvalue weighted by Crippen LogP contribution is -2.37. The second kappa shape index (κ2) is 7.67. The summed E-state index contributed by atoms with van der Waals surface area (Å²) in [4.78, 5) is 12.7. The molecule has 100 valence electrons. The van der Waals surface area contributed by atoms with Gasteiger partial charge in [0.25, 0.3) is 0 Å². The van der Waals surface area contributed by atoms with E-state index in [1.807, 2.05) is 7.05 Å². The quantitative estimate of drug-likeness (QED) is 0.713. The molecule has 1 aliphatic rings. The van der Waals surface area contributed by atoms with Crippen LogP contribution in [0.25, 0.3) is 0 Å². The molecule has 0 radical (unpaired) electrons. The standard InChI is InChI=1S/C13H26N2O2/c1-15(10-12(14)9-13(16)17)8-7-11-5-3-2-4-6-11/h11-12H,2-10,14H2,1H3,(H,16,17). The van der Waals surface area contributed by atoms with Gasteiger partial charge in [0.1, 0.15) is 0 Å². The van der Waals surface area contributed by atoms with Crippen LogP contribution in [0.4, 0.5) is 0 Å². The summed E-state index contributed by atoms with van der Waals surface area (Å²) < 4.78 is 0. The van der Waals surface area contributed by atoms with E-state index in [9.17, 15) is 4.79 Å². The van der Waals surface area contributed by atoms with Gasteiger partial charge in [-0.1, -0.05) is 32.1 Å². The number of rotatable bonds is 7. The first-order chi connectivity index (χ1) is 8.08. The van der Waals surface area contributed by atoms with Crippen molar-refractivity contribution in [1.82, 2.24) is 4.90 Å². The van der Waals surface area contributed by atoms with E-state index in [0.717, 1.165) is 12.5 Å². The number of likely N-dealkylation sites (N-methyl/N-ethyl adjacent to an activating group) is 1. The largest absolute Gasteiger partial charge is 0.481 e. The maximum Gasteiger partial charge on any atom is 0.304 e. The first-order valence-electron chi connectivity index (χ1n) is 6.74. The van der Waals surface area contributed by atoms with Crippen LogP contribution < -0.4 is 5.73 Å². The van der Waals surface area contributed by atoms with Crippen LogP contribution in [0, 0.1) is 5.92 Å². The van der Waals surface area contributed by atoms with Gasteiger partial charge in [-0.2, -0.15) is 0 Å². The van der Waals surface area contributed by atoms with Gasteiger partial charge < -0.3 is 15.7 Å². The van der Waals surface area contributed by atoms with Crippen molar-refractivity contribution in [3.05, 3.63) is 0 Å². The molecule has 0 amide bonds. The van der Waals surface area contributed by atoms with Crippen molar-refractivity contribution in [2.24, 2.45) is 11.7 Å². The lowest BCUT2D eigenvalue weighted by atomic mass is 9.87. The van der Waals surface area contributed by atoms with Gasteiger partial charge in [-0.05, 0) is 25.9 Å². The summed E-state index contributed by atoms with van der Waals surface area (Å²) in [5, 5.41) is 8.63. The van der Waals surface area contributed by atoms with Crippen molar-refractivity contribution >= 4 is 5.97 Å². The molecule has 3 N–H and O–H groups in total. The molecule has 1 fully saturated rings. The third-order valence-electron chi connectivity index (χ3n) is 3.63. The van der Waals surface area contributed by atoms with E-state index in [1.54, 1.807) is 0 Å². The van der Waals surface area contributed by atoms with E-state index in [0.29, 0.717) is 6.54 Å². The third kappa shape index (κ3) is 6.64. The van der Waals surface area contributed by atoms with Crippen molar-refractivity contribution in [3.63, 3.8) is 0 Å². The van der Waals surface area contributed by atoms with E-state index in [4.69, 9.17) is 10.8 Å². The number of nitrogens with two attached hydrogens (primary N) is 1. The highest BCUT2D eigenvalue weighted by molar-refractivity contribution is 5.67. The molecular formula is C13H26N2O2. The maximum absolute atomic E-state index is 10.5. The minimum absolute atomic E-state index is 0.0633. The minimum Gasteiger partial charge on any atom is -0.481 e. The van der Waals surface area contributed by atoms with Gasteiger partial charge in [0.15, 0.2) is 0 Å². The zero-order chi connectivity index (χ0) is 12.7. The van der Waals surface area contributed by atoms with Crippen LogP contribution in [-0.2, 0) is 4.79 Å². The zero-order valence-electron chi connectivity index (χ0n) is 10.9. The zero-order valence-corrected chi connectivity index (χ0v) is 10.9. The van der Waals surface area contributed by atoms with Crippen molar-refractivity contribution in [1.29, 1.82) is 0 Å². The van der Waals surface area contributed by atoms with Crippen LogP contribution >= 0.6 is 0 Å². The fourth-order valence-electron chi connectivity index (χ4n) is 2.66. The van der Waals surface area contributed by atoms with Gasteiger partial charge in [0, 0.05) is 12.6 Å². The van der Waals surface area contributed by atoms with Crippen molar-refractivity contribution in [2.75, 3.05) is 20.1 Å². The molecule has 0 aromatic carbocycles. The highest BCUT2D eigenvalue weighted by Gasteiger charge is 2.15. The number of carboxylic acids is 1. The second-order valence-electron chi connectivity index (χ2n) is 5.41. The predicted molar refractivity (Wildman–Crippen MR) is 68.9 cm³/mol. The number of hydrogen-bond donors (Lipinski definition) is 2. The molecule has 1 aliphatic carbocycles. The number of hydrogen-bond acceptors (Lipinski definition) is 3. The first kappa shape index (κ1) is 14.5. The van der Waals surface area contributed by atoms with E-state index < -0.39 is 5.97 Å². The van der Waals surface area contributed by atoms with Crippen LogP contribution in [-0.4, -0.2) is 42.2 Å². The van der Waals surface area contributed by atoms with Crippen LogP contribution in [0.15, 0.2) is 0 Å². The normalized spacial score (nSPS) is 19.5. The molecule has 4 nitrogen and oxygen atoms in total. The molecule has 1 saturated carbocycles. The lowest BCUT2D eigenvalue weighted by molar-refractivity contribution is -0.137. The van der Waals surface area contributed by atoms with Crippen LogP contribution in [0.1, 0.15) is 44.9 Å². The first-order valence-corrected chi connectivity index (χ1v) is 6.74. The Hall–Kier alpha value is -0.610. The second-order valence-corrected chi connectivity index (χ2v) is 5.41. The molecule has 17 heavy (non-hydrogen) atoms. The highest BCUT2D eigenvalue weighted by atomic mass is 16.4. The van der Waals surface area contributed by atoms with Gasteiger partial charge in [-0.3, -0.25) is 4.79 Å². The Morgan fingerprint density at radius 2 is 2.06 bits per heavy atom. The van der Waals surface area contributed by atoms with Crippen LogP contribution in [0.5, 0.6) is 0 Å².